The summed E-state index contributed by atoms with van der Waals surface area (Å²) in [6, 6.07) is 15.4. The number of hydrogen-bond donors (Lipinski definition) is 2. The van der Waals surface area contributed by atoms with Crippen LogP contribution in [0.1, 0.15) is 17.3 Å². The number of nitrogens with one attached hydrogen (secondary N) is 2. The molecule has 0 radical (unpaired) electrons. The molecule has 33 heavy (non-hydrogen) atoms. The summed E-state index contributed by atoms with van der Waals surface area (Å²) in [4.78, 5) is 11.1. The van der Waals surface area contributed by atoms with Crippen LogP contribution in [0, 0.1) is 0 Å². The molecule has 9 nitrogen and oxygen atoms in total. The minimum absolute atomic E-state index is 0.0641. The Morgan fingerprint density at radius 3 is 1.85 bits per heavy atom. The van der Waals surface area contributed by atoms with Gasteiger partial charge in [-0.15, -0.1) is 0 Å². The highest BCUT2D eigenvalue weighted by Crippen LogP contribution is 2.30. The molecule has 3 aromatic carbocycles. The van der Waals surface area contributed by atoms with Crippen LogP contribution in [-0.2, 0) is 20.0 Å². The van der Waals surface area contributed by atoms with Gasteiger partial charge in [0.25, 0.3) is 20.0 Å². The number of carbonyl (C=O) groups is 1. The van der Waals surface area contributed by atoms with E-state index in [4.69, 9.17) is 9.47 Å². The molecule has 0 aromatic heterocycles. The molecule has 0 fully saturated rings. The second-order valence-corrected chi connectivity index (χ2v) is 10.2. The Labute approximate surface area is 192 Å². The van der Waals surface area contributed by atoms with Gasteiger partial charge in [0.05, 0.1) is 29.7 Å². The monoisotopic (exact) mass is 490 g/mol. The number of Topliss-reactive ketones (excluding diaryl/α,β-unsaturated/α-hetero) is 1. The Hall–Kier alpha value is -3.57. The molecule has 3 aromatic rings. The minimum atomic E-state index is -4.09. The van der Waals surface area contributed by atoms with Gasteiger partial charge in [-0.3, -0.25) is 14.2 Å². The molecular weight excluding hydrogens is 468 g/mol. The van der Waals surface area contributed by atoms with E-state index < -0.39 is 20.0 Å². The van der Waals surface area contributed by atoms with Crippen LogP contribution in [-0.4, -0.2) is 36.8 Å². The molecule has 0 aliphatic carbocycles. The largest absolute Gasteiger partial charge is 0.497 e. The molecule has 0 spiro atoms. The Morgan fingerprint density at radius 1 is 0.727 bits per heavy atom. The first-order chi connectivity index (χ1) is 15.6. The summed E-state index contributed by atoms with van der Waals surface area (Å²) >= 11 is 0. The lowest BCUT2D eigenvalue weighted by Crippen LogP contribution is -2.16. The molecule has 0 heterocycles. The number of ketones is 1. The number of ether oxygens (including phenoxy) is 2. The smallest absolute Gasteiger partial charge is 0.262 e. The molecule has 11 heteroatoms. The van der Waals surface area contributed by atoms with Crippen molar-refractivity contribution in [3.05, 3.63) is 72.3 Å². The summed E-state index contributed by atoms with van der Waals surface area (Å²) in [5.41, 5.74) is 0.606. The molecule has 3 rings (SSSR count). The van der Waals surface area contributed by atoms with Gasteiger partial charge in [-0.2, -0.15) is 0 Å². The predicted octanol–water partition coefficient (Wildman–Crippen LogP) is 3.51. The standard InChI is InChI=1S/C22H22N2O7S2/c1-15(25)16-4-10-19(11-5-16)32(26,27)24-21-14-20(12-13-22(21)31-3)33(28,29)23-17-6-8-18(30-2)9-7-17/h4-14,23-24H,1-3H3. The molecule has 0 aliphatic heterocycles. The van der Waals surface area contributed by atoms with E-state index in [2.05, 4.69) is 9.44 Å². The third-order valence-electron chi connectivity index (χ3n) is 4.64. The second-order valence-electron chi connectivity index (χ2n) is 6.88. The summed E-state index contributed by atoms with van der Waals surface area (Å²) in [6.45, 7) is 1.37. The number of rotatable bonds is 9. The molecule has 0 amide bonds. The SMILES string of the molecule is COc1ccc(NS(=O)(=O)c2ccc(OC)c(NS(=O)(=O)c3ccc(C(C)=O)cc3)c2)cc1. The van der Waals surface area contributed by atoms with Crippen molar-refractivity contribution >= 4 is 37.2 Å². The molecular formula is C22H22N2O7S2. The number of carbonyl (C=O) groups excluding carboxylic acids is 1. The predicted molar refractivity (Wildman–Crippen MR) is 124 cm³/mol. The molecule has 0 unspecified atom stereocenters. The van der Waals surface area contributed by atoms with E-state index >= 15 is 0 Å². The summed E-state index contributed by atoms with van der Waals surface area (Å²) in [7, 11) is -5.29. The van der Waals surface area contributed by atoms with Crippen molar-refractivity contribution < 1.29 is 31.1 Å². The van der Waals surface area contributed by atoms with Gasteiger partial charge < -0.3 is 9.47 Å². The molecule has 2 N–H and O–H groups in total. The van der Waals surface area contributed by atoms with Gasteiger partial charge in [-0.05, 0) is 61.5 Å². The van der Waals surface area contributed by atoms with E-state index in [1.54, 1.807) is 12.1 Å². The van der Waals surface area contributed by atoms with E-state index in [-0.39, 0.29) is 27.0 Å². The Morgan fingerprint density at radius 2 is 1.30 bits per heavy atom. The number of sulfonamides is 2. The van der Waals surface area contributed by atoms with Crippen LogP contribution in [0.5, 0.6) is 11.5 Å². The van der Waals surface area contributed by atoms with E-state index in [0.29, 0.717) is 17.0 Å². The number of anilines is 2. The minimum Gasteiger partial charge on any atom is -0.497 e. The maximum Gasteiger partial charge on any atom is 0.262 e. The fraction of sp³-hybridized carbons (Fsp3) is 0.136. The summed E-state index contributed by atoms with van der Waals surface area (Å²) < 4.78 is 66.4. The lowest BCUT2D eigenvalue weighted by atomic mass is 10.2. The van der Waals surface area contributed by atoms with Crippen molar-refractivity contribution in [2.24, 2.45) is 0 Å². The van der Waals surface area contributed by atoms with Crippen LogP contribution in [0.2, 0.25) is 0 Å². The summed E-state index contributed by atoms with van der Waals surface area (Å²) in [6.07, 6.45) is 0. The molecule has 0 saturated heterocycles. The first-order valence-electron chi connectivity index (χ1n) is 9.54. The van der Waals surface area contributed by atoms with E-state index in [1.807, 2.05) is 0 Å². The zero-order valence-corrected chi connectivity index (χ0v) is 19.7. The molecule has 174 valence electrons. The normalized spacial score (nSPS) is 11.5. The second kappa shape index (κ2) is 9.51. The fourth-order valence-corrected chi connectivity index (χ4v) is 5.03. The van der Waals surface area contributed by atoms with Gasteiger partial charge in [0.15, 0.2) is 5.78 Å². The average molecular weight is 491 g/mol. The molecule has 0 atom stereocenters. The maximum absolute atomic E-state index is 12.9. The Bertz CT molecular complexity index is 1370. The van der Waals surface area contributed by atoms with Crippen molar-refractivity contribution in [2.45, 2.75) is 16.7 Å². The van der Waals surface area contributed by atoms with Gasteiger partial charge in [0.2, 0.25) is 0 Å². The van der Waals surface area contributed by atoms with Crippen molar-refractivity contribution in [1.29, 1.82) is 0 Å². The zero-order chi connectivity index (χ0) is 24.2. The third-order valence-corrected chi connectivity index (χ3v) is 7.40. The topological polar surface area (TPSA) is 128 Å². The van der Waals surface area contributed by atoms with Crippen LogP contribution in [0.4, 0.5) is 11.4 Å². The highest BCUT2D eigenvalue weighted by molar-refractivity contribution is 7.93. The van der Waals surface area contributed by atoms with Crippen molar-refractivity contribution in [2.75, 3.05) is 23.7 Å². The van der Waals surface area contributed by atoms with Gasteiger partial charge in [0, 0.05) is 11.3 Å². The average Bonchev–Trinajstić information content (AvgIpc) is 2.79. The fourth-order valence-electron chi connectivity index (χ4n) is 2.88. The molecule has 0 aliphatic rings. The molecule has 0 saturated carbocycles. The van der Waals surface area contributed by atoms with Crippen LogP contribution < -0.4 is 18.9 Å². The van der Waals surface area contributed by atoms with E-state index in [9.17, 15) is 21.6 Å². The maximum atomic E-state index is 12.9. The first kappa shape index (κ1) is 24.1. The lowest BCUT2D eigenvalue weighted by molar-refractivity contribution is 0.101. The number of methoxy groups -OCH3 is 2. The van der Waals surface area contributed by atoms with Crippen molar-refractivity contribution in [3.8, 4) is 11.5 Å². The number of hydrogen-bond acceptors (Lipinski definition) is 7. The van der Waals surface area contributed by atoms with E-state index in [0.717, 1.165) is 6.07 Å². The van der Waals surface area contributed by atoms with E-state index in [1.165, 1.54) is 69.7 Å². The first-order valence-corrected chi connectivity index (χ1v) is 12.5. The summed E-state index contributed by atoms with van der Waals surface area (Å²) in [5.74, 6) is 0.494. The Kier molecular flexibility index (Phi) is 6.94. The van der Waals surface area contributed by atoms with Crippen LogP contribution in [0.15, 0.2) is 76.5 Å². The van der Waals surface area contributed by atoms with Gasteiger partial charge >= 0.3 is 0 Å². The van der Waals surface area contributed by atoms with Gasteiger partial charge in [-0.25, -0.2) is 16.8 Å². The lowest BCUT2D eigenvalue weighted by Gasteiger charge is -2.15. The third kappa shape index (κ3) is 5.62. The van der Waals surface area contributed by atoms with Crippen molar-refractivity contribution in [3.63, 3.8) is 0 Å². The number of benzene rings is 3. The van der Waals surface area contributed by atoms with Gasteiger partial charge in [0.1, 0.15) is 11.5 Å². The Balaban J connectivity index is 1.91. The zero-order valence-electron chi connectivity index (χ0n) is 18.0. The van der Waals surface area contributed by atoms with Crippen molar-refractivity contribution in [1.82, 2.24) is 0 Å². The molecule has 0 bridgehead atoms. The van der Waals surface area contributed by atoms with Crippen LogP contribution in [0.3, 0.4) is 0 Å². The van der Waals surface area contributed by atoms with Gasteiger partial charge in [-0.1, -0.05) is 12.1 Å². The van der Waals surface area contributed by atoms with Crippen LogP contribution in [0.25, 0.3) is 0 Å². The summed E-state index contributed by atoms with van der Waals surface area (Å²) in [5, 5.41) is 0. The quantitative estimate of drug-likeness (QED) is 0.439. The highest BCUT2D eigenvalue weighted by Gasteiger charge is 2.21. The highest BCUT2D eigenvalue weighted by atomic mass is 32.2. The van der Waals surface area contributed by atoms with Crippen LogP contribution >= 0.6 is 0 Å².